The summed E-state index contributed by atoms with van der Waals surface area (Å²) in [5.74, 6) is 0.672. The first-order chi connectivity index (χ1) is 6.24. The Morgan fingerprint density at radius 2 is 2.31 bits per heavy atom. The van der Waals surface area contributed by atoms with Gasteiger partial charge in [0.15, 0.2) is 0 Å². The van der Waals surface area contributed by atoms with E-state index in [9.17, 15) is 0 Å². The molecule has 1 aliphatic rings. The smallest absolute Gasteiger partial charge is 0.0955 e. The maximum atomic E-state index is 5.76. The second-order valence-corrected chi connectivity index (χ2v) is 5.00. The molecular weight excluding hydrogens is 232 g/mol. The van der Waals surface area contributed by atoms with Gasteiger partial charge in [-0.05, 0) is 12.3 Å². The Morgan fingerprint density at radius 3 is 2.85 bits per heavy atom. The third kappa shape index (κ3) is 3.96. The maximum absolute atomic E-state index is 5.76. The van der Waals surface area contributed by atoms with Crippen molar-refractivity contribution in [1.29, 1.82) is 0 Å². The highest BCUT2D eigenvalue weighted by molar-refractivity contribution is 9.09. The number of hydrogen-bond acceptors (Lipinski definition) is 2. The maximum Gasteiger partial charge on any atom is 0.0955 e. The molecule has 0 amide bonds. The quantitative estimate of drug-likeness (QED) is 0.699. The molecule has 2 nitrogen and oxygen atoms in total. The van der Waals surface area contributed by atoms with Crippen LogP contribution in [0.25, 0.3) is 0 Å². The number of rotatable bonds is 5. The Morgan fingerprint density at radius 1 is 1.54 bits per heavy atom. The molecule has 1 heterocycles. The fourth-order valence-corrected chi connectivity index (χ4v) is 2.02. The van der Waals surface area contributed by atoms with Gasteiger partial charge in [0.25, 0.3) is 0 Å². The SMILES string of the molecule is CCCC(C)COC1COCC1Br. The normalized spacial score (nSPS) is 30.7. The first-order valence-electron chi connectivity index (χ1n) is 5.07. The van der Waals surface area contributed by atoms with Gasteiger partial charge in [0, 0.05) is 6.61 Å². The molecular formula is C10H19BrO2. The molecule has 1 fully saturated rings. The predicted octanol–water partition coefficient (Wildman–Crippen LogP) is 2.60. The van der Waals surface area contributed by atoms with Crippen LogP contribution in [0.5, 0.6) is 0 Å². The van der Waals surface area contributed by atoms with Gasteiger partial charge in [0.1, 0.15) is 0 Å². The summed E-state index contributed by atoms with van der Waals surface area (Å²) in [5, 5.41) is 0. The van der Waals surface area contributed by atoms with E-state index < -0.39 is 0 Å². The monoisotopic (exact) mass is 250 g/mol. The van der Waals surface area contributed by atoms with E-state index in [1.807, 2.05) is 0 Å². The highest BCUT2D eigenvalue weighted by Crippen LogP contribution is 2.18. The van der Waals surface area contributed by atoms with Gasteiger partial charge >= 0.3 is 0 Å². The Kier molecular flexibility index (Phi) is 5.29. The summed E-state index contributed by atoms with van der Waals surface area (Å²) >= 11 is 3.54. The highest BCUT2D eigenvalue weighted by Gasteiger charge is 2.26. The Bertz CT molecular complexity index is 141. The summed E-state index contributed by atoms with van der Waals surface area (Å²) in [6.45, 7) is 6.84. The average Bonchev–Trinajstić information content (AvgIpc) is 2.48. The van der Waals surface area contributed by atoms with Crippen molar-refractivity contribution in [3.63, 3.8) is 0 Å². The summed E-state index contributed by atoms with van der Waals surface area (Å²) in [6.07, 6.45) is 2.75. The van der Waals surface area contributed by atoms with Crippen molar-refractivity contribution in [3.8, 4) is 0 Å². The van der Waals surface area contributed by atoms with Crippen molar-refractivity contribution in [2.24, 2.45) is 5.92 Å². The molecule has 0 spiro atoms. The third-order valence-electron chi connectivity index (χ3n) is 2.34. The summed E-state index contributed by atoms with van der Waals surface area (Å²) in [4.78, 5) is 0.390. The van der Waals surface area contributed by atoms with E-state index >= 15 is 0 Å². The molecule has 3 heteroatoms. The zero-order chi connectivity index (χ0) is 9.68. The molecule has 0 saturated carbocycles. The van der Waals surface area contributed by atoms with Gasteiger partial charge in [-0.1, -0.05) is 36.2 Å². The Balaban J connectivity index is 2.10. The molecule has 0 aromatic heterocycles. The van der Waals surface area contributed by atoms with Gasteiger partial charge in [-0.2, -0.15) is 0 Å². The van der Waals surface area contributed by atoms with E-state index in [4.69, 9.17) is 9.47 Å². The van der Waals surface area contributed by atoms with Crippen LogP contribution < -0.4 is 0 Å². The first-order valence-corrected chi connectivity index (χ1v) is 5.99. The minimum Gasteiger partial charge on any atom is -0.377 e. The van der Waals surface area contributed by atoms with Crippen LogP contribution in [0.15, 0.2) is 0 Å². The van der Waals surface area contributed by atoms with Crippen LogP contribution in [-0.4, -0.2) is 30.8 Å². The van der Waals surface area contributed by atoms with Crippen LogP contribution in [0, 0.1) is 5.92 Å². The van der Waals surface area contributed by atoms with Crippen molar-refractivity contribution in [3.05, 3.63) is 0 Å². The molecule has 0 aromatic carbocycles. The van der Waals surface area contributed by atoms with Crippen LogP contribution >= 0.6 is 15.9 Å². The summed E-state index contributed by atoms with van der Waals surface area (Å²) < 4.78 is 11.0. The van der Waals surface area contributed by atoms with E-state index in [1.54, 1.807) is 0 Å². The van der Waals surface area contributed by atoms with Crippen LogP contribution in [0.1, 0.15) is 26.7 Å². The van der Waals surface area contributed by atoms with Crippen molar-refractivity contribution in [1.82, 2.24) is 0 Å². The molecule has 0 radical (unpaired) electrons. The topological polar surface area (TPSA) is 18.5 Å². The molecule has 13 heavy (non-hydrogen) atoms. The molecule has 1 saturated heterocycles. The molecule has 1 aliphatic heterocycles. The second kappa shape index (κ2) is 5.99. The molecule has 0 N–H and O–H groups in total. The predicted molar refractivity (Wildman–Crippen MR) is 57.3 cm³/mol. The van der Waals surface area contributed by atoms with Crippen LogP contribution in [-0.2, 0) is 9.47 Å². The molecule has 0 aliphatic carbocycles. The second-order valence-electron chi connectivity index (χ2n) is 3.82. The van der Waals surface area contributed by atoms with E-state index in [1.165, 1.54) is 12.8 Å². The number of hydrogen-bond donors (Lipinski definition) is 0. The van der Waals surface area contributed by atoms with Gasteiger partial charge in [-0.3, -0.25) is 0 Å². The lowest BCUT2D eigenvalue weighted by atomic mass is 10.1. The lowest BCUT2D eigenvalue weighted by molar-refractivity contribution is 0.0256. The van der Waals surface area contributed by atoms with Gasteiger partial charge in [0.05, 0.1) is 24.1 Å². The van der Waals surface area contributed by atoms with E-state index in [0.29, 0.717) is 10.7 Å². The lowest BCUT2D eigenvalue weighted by Crippen LogP contribution is -2.24. The third-order valence-corrected chi connectivity index (χ3v) is 3.19. The van der Waals surface area contributed by atoms with E-state index in [2.05, 4.69) is 29.8 Å². The summed E-state index contributed by atoms with van der Waals surface area (Å²) in [7, 11) is 0. The van der Waals surface area contributed by atoms with Crippen molar-refractivity contribution < 1.29 is 9.47 Å². The van der Waals surface area contributed by atoms with Crippen molar-refractivity contribution in [2.45, 2.75) is 37.6 Å². The van der Waals surface area contributed by atoms with Gasteiger partial charge in [0.2, 0.25) is 0 Å². The van der Waals surface area contributed by atoms with Crippen molar-refractivity contribution in [2.75, 3.05) is 19.8 Å². The number of ether oxygens (including phenoxy) is 2. The Hall–Kier alpha value is 0.400. The highest BCUT2D eigenvalue weighted by atomic mass is 79.9. The zero-order valence-electron chi connectivity index (χ0n) is 8.46. The molecule has 0 aromatic rings. The zero-order valence-corrected chi connectivity index (χ0v) is 10.0. The lowest BCUT2D eigenvalue weighted by Gasteiger charge is -2.16. The largest absolute Gasteiger partial charge is 0.377 e. The fourth-order valence-electron chi connectivity index (χ4n) is 1.53. The fraction of sp³-hybridized carbons (Fsp3) is 1.00. The first kappa shape index (κ1) is 11.5. The van der Waals surface area contributed by atoms with E-state index in [0.717, 1.165) is 19.8 Å². The average molecular weight is 251 g/mol. The summed E-state index contributed by atoms with van der Waals surface area (Å²) in [5.41, 5.74) is 0. The van der Waals surface area contributed by atoms with Crippen LogP contribution in [0.4, 0.5) is 0 Å². The minimum absolute atomic E-state index is 0.263. The molecule has 0 bridgehead atoms. The standard InChI is InChI=1S/C10H19BrO2/c1-3-4-8(2)5-13-10-7-12-6-9(10)11/h8-10H,3-7H2,1-2H3. The number of halogens is 1. The molecule has 1 rings (SSSR count). The van der Waals surface area contributed by atoms with Crippen molar-refractivity contribution >= 4 is 15.9 Å². The van der Waals surface area contributed by atoms with Crippen LogP contribution in [0.3, 0.4) is 0 Å². The number of alkyl halides is 1. The Labute approximate surface area is 89.1 Å². The minimum atomic E-state index is 0.263. The molecule has 78 valence electrons. The van der Waals surface area contributed by atoms with Gasteiger partial charge in [-0.25, -0.2) is 0 Å². The van der Waals surface area contributed by atoms with Gasteiger partial charge in [-0.15, -0.1) is 0 Å². The molecule has 3 atom stereocenters. The summed E-state index contributed by atoms with van der Waals surface area (Å²) in [6, 6.07) is 0. The van der Waals surface area contributed by atoms with Crippen LogP contribution in [0.2, 0.25) is 0 Å². The van der Waals surface area contributed by atoms with E-state index in [-0.39, 0.29) is 6.10 Å². The molecule has 3 unspecified atom stereocenters. The van der Waals surface area contributed by atoms with Gasteiger partial charge < -0.3 is 9.47 Å².